The molecular formula is C13H15N3O2. The lowest BCUT2D eigenvalue weighted by Gasteiger charge is -2.06. The summed E-state index contributed by atoms with van der Waals surface area (Å²) in [5.41, 5.74) is 3.06. The van der Waals surface area contributed by atoms with Crippen LogP contribution in [0.4, 0.5) is 0 Å². The van der Waals surface area contributed by atoms with Gasteiger partial charge in [0.2, 0.25) is 0 Å². The van der Waals surface area contributed by atoms with Crippen LogP contribution in [-0.2, 0) is 23.7 Å². The maximum atomic E-state index is 10.6. The molecule has 0 unspecified atom stereocenters. The molecular weight excluding hydrogens is 230 g/mol. The van der Waals surface area contributed by atoms with Crippen LogP contribution in [0, 0.1) is 0 Å². The van der Waals surface area contributed by atoms with Crippen molar-refractivity contribution in [3.05, 3.63) is 36.2 Å². The molecule has 0 atom stereocenters. The number of hydrogen-bond donors (Lipinski definition) is 0. The molecule has 0 saturated heterocycles. The largest absolute Gasteiger partial charge is 0.349 e. The fourth-order valence-electron chi connectivity index (χ4n) is 1.80. The summed E-state index contributed by atoms with van der Waals surface area (Å²) in [4.78, 5) is 15.1. The zero-order valence-corrected chi connectivity index (χ0v) is 10.6. The van der Waals surface area contributed by atoms with Crippen molar-refractivity contribution < 1.29 is 9.63 Å². The van der Waals surface area contributed by atoms with Crippen molar-refractivity contribution in [1.82, 2.24) is 9.13 Å². The Kier molecular flexibility index (Phi) is 3.32. The molecule has 18 heavy (non-hydrogen) atoms. The van der Waals surface area contributed by atoms with Gasteiger partial charge < -0.3 is 14.0 Å². The van der Waals surface area contributed by atoms with E-state index in [-0.39, 0.29) is 0 Å². The van der Waals surface area contributed by atoms with Crippen molar-refractivity contribution in [2.24, 2.45) is 19.3 Å². The average molecular weight is 245 g/mol. The summed E-state index contributed by atoms with van der Waals surface area (Å²) in [5, 5.41) is 3.62. The fourth-order valence-corrected chi connectivity index (χ4v) is 1.80. The Balaban J connectivity index is 2.27. The van der Waals surface area contributed by atoms with E-state index in [1.165, 1.54) is 13.1 Å². The van der Waals surface area contributed by atoms with Gasteiger partial charge in [0.1, 0.15) is 0 Å². The summed E-state index contributed by atoms with van der Waals surface area (Å²) >= 11 is 0. The van der Waals surface area contributed by atoms with Crippen LogP contribution in [0.3, 0.4) is 0 Å². The van der Waals surface area contributed by atoms with Crippen LogP contribution in [0.5, 0.6) is 0 Å². The lowest BCUT2D eigenvalue weighted by atomic mass is 10.3. The Morgan fingerprint density at radius 1 is 1.28 bits per heavy atom. The van der Waals surface area contributed by atoms with Crippen LogP contribution in [0.2, 0.25) is 0 Å². The molecule has 0 aliphatic carbocycles. The minimum absolute atomic E-state index is 0.428. The zero-order valence-electron chi connectivity index (χ0n) is 10.6. The predicted octanol–water partition coefficient (Wildman–Crippen LogP) is 1.93. The highest BCUT2D eigenvalue weighted by Gasteiger charge is 2.07. The molecule has 2 heterocycles. The van der Waals surface area contributed by atoms with E-state index in [0.717, 1.165) is 17.1 Å². The third kappa shape index (κ3) is 2.34. The second-order valence-electron chi connectivity index (χ2n) is 4.02. The monoisotopic (exact) mass is 245 g/mol. The summed E-state index contributed by atoms with van der Waals surface area (Å²) in [6.45, 7) is 1.32. The topological polar surface area (TPSA) is 48.5 Å². The van der Waals surface area contributed by atoms with Crippen LogP contribution in [0.1, 0.15) is 12.6 Å². The predicted molar refractivity (Wildman–Crippen MR) is 69.2 cm³/mol. The van der Waals surface area contributed by atoms with E-state index in [4.69, 9.17) is 0 Å². The Bertz CT molecular complexity index is 593. The summed E-state index contributed by atoms with van der Waals surface area (Å²) in [7, 11) is 3.94. The minimum atomic E-state index is -0.428. The van der Waals surface area contributed by atoms with Crippen molar-refractivity contribution in [1.29, 1.82) is 0 Å². The number of carbonyl (C=O) groups excluding carboxylic acids is 1. The molecule has 2 aromatic rings. The van der Waals surface area contributed by atoms with Gasteiger partial charge in [0.15, 0.2) is 0 Å². The van der Waals surface area contributed by atoms with E-state index in [1.54, 1.807) is 0 Å². The van der Waals surface area contributed by atoms with Gasteiger partial charge in [-0.25, -0.2) is 4.79 Å². The molecule has 0 aliphatic heterocycles. The first-order valence-electron chi connectivity index (χ1n) is 5.58. The molecule has 0 N–H and O–H groups in total. The first kappa shape index (κ1) is 12.2. The lowest BCUT2D eigenvalue weighted by molar-refractivity contribution is -0.140. The first-order chi connectivity index (χ1) is 8.59. The normalized spacial score (nSPS) is 11.1. The molecule has 0 spiro atoms. The van der Waals surface area contributed by atoms with Gasteiger partial charge in [-0.3, -0.25) is 0 Å². The average Bonchev–Trinajstić information content (AvgIpc) is 2.86. The Labute approximate surface area is 105 Å². The molecule has 5 nitrogen and oxygen atoms in total. The molecule has 0 fully saturated rings. The lowest BCUT2D eigenvalue weighted by Crippen LogP contribution is -2.00. The third-order valence-electron chi connectivity index (χ3n) is 2.73. The maximum absolute atomic E-state index is 10.6. The number of hydrogen-bond acceptors (Lipinski definition) is 3. The standard InChI is InChI=1S/C13H15N3O2/c1-10(17)18-14-9-11-6-7-13(16(11)3)12-5-4-8-15(12)2/h4-9H,1-3H3/b14-9+. The summed E-state index contributed by atoms with van der Waals surface area (Å²) in [6.07, 6.45) is 3.52. The fraction of sp³-hybridized carbons (Fsp3) is 0.231. The number of aromatic nitrogens is 2. The molecule has 0 aromatic carbocycles. The Morgan fingerprint density at radius 3 is 2.67 bits per heavy atom. The van der Waals surface area contributed by atoms with Crippen LogP contribution >= 0.6 is 0 Å². The van der Waals surface area contributed by atoms with E-state index in [0.29, 0.717) is 0 Å². The third-order valence-corrected chi connectivity index (χ3v) is 2.73. The number of rotatable bonds is 3. The summed E-state index contributed by atoms with van der Waals surface area (Å²) in [6, 6.07) is 7.97. The van der Waals surface area contributed by atoms with Crippen molar-refractivity contribution in [2.75, 3.05) is 0 Å². The number of nitrogens with zero attached hydrogens (tertiary/aromatic N) is 3. The van der Waals surface area contributed by atoms with E-state index in [1.807, 2.05) is 53.7 Å². The number of oxime groups is 1. The van der Waals surface area contributed by atoms with Gasteiger partial charge in [-0.15, -0.1) is 0 Å². The molecule has 0 radical (unpaired) electrons. The van der Waals surface area contributed by atoms with Crippen molar-refractivity contribution in [3.63, 3.8) is 0 Å². The van der Waals surface area contributed by atoms with E-state index >= 15 is 0 Å². The molecule has 5 heteroatoms. The van der Waals surface area contributed by atoms with Gasteiger partial charge in [-0.2, -0.15) is 0 Å². The number of aryl methyl sites for hydroxylation is 1. The first-order valence-corrected chi connectivity index (χ1v) is 5.58. The molecule has 2 rings (SSSR count). The quantitative estimate of drug-likeness (QED) is 0.471. The van der Waals surface area contributed by atoms with Gasteiger partial charge in [-0.1, -0.05) is 5.16 Å². The van der Waals surface area contributed by atoms with Crippen molar-refractivity contribution in [3.8, 4) is 11.4 Å². The molecule has 0 bridgehead atoms. The molecule has 0 amide bonds. The smallest absolute Gasteiger partial charge is 0.331 e. The van der Waals surface area contributed by atoms with E-state index in [2.05, 4.69) is 9.99 Å². The number of carbonyl (C=O) groups is 1. The van der Waals surface area contributed by atoms with Gasteiger partial charge in [0.25, 0.3) is 0 Å². The highest BCUT2D eigenvalue weighted by atomic mass is 16.7. The Morgan fingerprint density at radius 2 is 2.06 bits per heavy atom. The van der Waals surface area contributed by atoms with Gasteiger partial charge in [-0.05, 0) is 24.3 Å². The Hall–Kier alpha value is -2.30. The van der Waals surface area contributed by atoms with Crippen LogP contribution in [0.25, 0.3) is 11.4 Å². The minimum Gasteiger partial charge on any atom is -0.349 e. The van der Waals surface area contributed by atoms with E-state index < -0.39 is 5.97 Å². The highest BCUT2D eigenvalue weighted by Crippen LogP contribution is 2.20. The van der Waals surface area contributed by atoms with Crippen molar-refractivity contribution in [2.45, 2.75) is 6.92 Å². The van der Waals surface area contributed by atoms with Gasteiger partial charge in [0.05, 0.1) is 23.3 Å². The van der Waals surface area contributed by atoms with Gasteiger partial charge in [0, 0.05) is 27.2 Å². The zero-order chi connectivity index (χ0) is 13.1. The second-order valence-corrected chi connectivity index (χ2v) is 4.02. The molecule has 2 aromatic heterocycles. The molecule has 94 valence electrons. The van der Waals surface area contributed by atoms with Gasteiger partial charge >= 0.3 is 5.97 Å². The summed E-state index contributed by atoms with van der Waals surface area (Å²) in [5.74, 6) is -0.428. The van der Waals surface area contributed by atoms with Crippen LogP contribution < -0.4 is 0 Å². The maximum Gasteiger partial charge on any atom is 0.331 e. The van der Waals surface area contributed by atoms with Crippen molar-refractivity contribution >= 4 is 12.2 Å². The second kappa shape index (κ2) is 4.91. The molecule has 0 saturated carbocycles. The highest BCUT2D eigenvalue weighted by molar-refractivity contribution is 5.80. The van der Waals surface area contributed by atoms with E-state index in [9.17, 15) is 4.79 Å². The molecule has 0 aliphatic rings. The summed E-state index contributed by atoms with van der Waals surface area (Å²) < 4.78 is 4.03. The SMILES string of the molecule is CC(=O)O/N=C/c1ccc(-c2cccn2C)n1C. The van der Waals surface area contributed by atoms with Crippen LogP contribution in [0.15, 0.2) is 35.6 Å². The van der Waals surface area contributed by atoms with Crippen LogP contribution in [-0.4, -0.2) is 21.3 Å².